The number of ether oxygens (including phenoxy) is 1. The average Bonchev–Trinajstić information content (AvgIpc) is 2.98. The maximum atomic E-state index is 12.1. The molecule has 1 amide bonds. The van der Waals surface area contributed by atoms with E-state index in [2.05, 4.69) is 31.2 Å². The van der Waals surface area contributed by atoms with E-state index in [1.807, 2.05) is 0 Å². The molecule has 2 aliphatic heterocycles. The van der Waals surface area contributed by atoms with Gasteiger partial charge in [-0.1, -0.05) is 56.9 Å². The molecule has 0 aromatic heterocycles. The van der Waals surface area contributed by atoms with Gasteiger partial charge in [0.05, 0.1) is 13.0 Å². The van der Waals surface area contributed by atoms with Crippen LogP contribution < -0.4 is 0 Å². The second-order valence-corrected chi connectivity index (χ2v) is 8.29. The van der Waals surface area contributed by atoms with Gasteiger partial charge in [-0.05, 0) is 49.3 Å². The number of unbranched alkanes of at least 4 members (excludes halogenated alkanes) is 4. The molecule has 0 spiro atoms. The zero-order chi connectivity index (χ0) is 21.6. The number of carbonyl (C=O) groups excluding carboxylic acids is 1. The molecule has 0 radical (unpaired) electrons. The third-order valence-electron chi connectivity index (χ3n) is 6.21. The van der Waals surface area contributed by atoms with Gasteiger partial charge in [0, 0.05) is 0 Å². The Hall–Kier alpha value is -2.34. The van der Waals surface area contributed by atoms with E-state index in [9.17, 15) is 19.8 Å². The number of amides is 1. The van der Waals surface area contributed by atoms with Crippen LogP contribution in [0.15, 0.2) is 36.1 Å². The summed E-state index contributed by atoms with van der Waals surface area (Å²) in [5.74, 6) is -1.08. The minimum absolute atomic E-state index is 0.203. The van der Waals surface area contributed by atoms with Crippen molar-refractivity contribution in [2.75, 3.05) is 6.61 Å². The minimum atomic E-state index is -1.46. The van der Waals surface area contributed by atoms with Crippen molar-refractivity contribution < 1.29 is 24.5 Å². The quantitative estimate of drug-likeness (QED) is 0.400. The maximum absolute atomic E-state index is 12.1. The Morgan fingerprint density at radius 1 is 1.13 bits per heavy atom. The topological polar surface area (TPSA) is 87.1 Å². The van der Waals surface area contributed by atoms with Crippen LogP contribution in [0.4, 0.5) is 0 Å². The van der Waals surface area contributed by atoms with Gasteiger partial charge in [-0.3, -0.25) is 9.69 Å². The number of carboxylic acid groups (broad SMARTS) is 1. The van der Waals surface area contributed by atoms with Crippen LogP contribution in [0.1, 0.15) is 69.4 Å². The van der Waals surface area contributed by atoms with E-state index >= 15 is 0 Å². The van der Waals surface area contributed by atoms with E-state index in [1.165, 1.54) is 34.9 Å². The first-order chi connectivity index (χ1) is 14.5. The summed E-state index contributed by atoms with van der Waals surface area (Å²) in [7, 11) is 0. The molecule has 0 aliphatic carbocycles. The highest BCUT2D eigenvalue weighted by molar-refractivity contribution is 5.94. The lowest BCUT2D eigenvalue weighted by atomic mass is 9.86. The van der Waals surface area contributed by atoms with E-state index in [0.29, 0.717) is 12.8 Å². The second kappa shape index (κ2) is 10.1. The van der Waals surface area contributed by atoms with Gasteiger partial charge in [-0.25, -0.2) is 4.79 Å². The highest BCUT2D eigenvalue weighted by Gasteiger charge is 2.64. The standard InChI is InChI=1S/C24H33NO5/c1-2-3-8-18-10-12-19(13-11-18)9-6-4-5-7-15-24(23(28)29)20(14-16-26)30-22-17-21(27)25(22)24/h10-14,22,26H,2-9,15-17H2,1H3,(H,28,29)/b20-14-/t22-,24-/m1/s1. The van der Waals surface area contributed by atoms with Gasteiger partial charge in [-0.2, -0.15) is 0 Å². The fourth-order valence-electron chi connectivity index (χ4n) is 4.48. The first-order valence-electron chi connectivity index (χ1n) is 11.1. The van der Waals surface area contributed by atoms with Crippen molar-refractivity contribution in [2.24, 2.45) is 0 Å². The molecule has 3 rings (SSSR count). The fraction of sp³-hybridized carbons (Fsp3) is 0.583. The Morgan fingerprint density at radius 3 is 2.33 bits per heavy atom. The summed E-state index contributed by atoms with van der Waals surface area (Å²) in [5.41, 5.74) is 1.27. The van der Waals surface area contributed by atoms with Crippen LogP contribution in [0.25, 0.3) is 0 Å². The van der Waals surface area contributed by atoms with Crippen LogP contribution in [-0.4, -0.2) is 45.4 Å². The third kappa shape index (κ3) is 4.53. The number of aliphatic carboxylic acids is 1. The van der Waals surface area contributed by atoms with Crippen molar-refractivity contribution in [1.82, 2.24) is 4.90 Å². The van der Waals surface area contributed by atoms with E-state index in [4.69, 9.17) is 4.74 Å². The molecule has 2 atom stereocenters. The molecular formula is C24H33NO5. The molecule has 0 saturated carbocycles. The van der Waals surface area contributed by atoms with Gasteiger partial charge in [0.25, 0.3) is 0 Å². The van der Waals surface area contributed by atoms with Crippen molar-refractivity contribution in [3.05, 3.63) is 47.2 Å². The predicted molar refractivity (Wildman–Crippen MR) is 114 cm³/mol. The normalized spacial score (nSPS) is 23.9. The zero-order valence-corrected chi connectivity index (χ0v) is 17.8. The molecule has 2 aliphatic rings. The number of carbonyl (C=O) groups is 2. The van der Waals surface area contributed by atoms with Crippen LogP contribution in [0.5, 0.6) is 0 Å². The Bertz CT molecular complexity index is 772. The fourth-order valence-corrected chi connectivity index (χ4v) is 4.48. The summed E-state index contributed by atoms with van der Waals surface area (Å²) in [4.78, 5) is 25.5. The number of aliphatic hydroxyl groups is 1. The number of aryl methyl sites for hydroxylation is 2. The van der Waals surface area contributed by atoms with Crippen molar-refractivity contribution >= 4 is 11.9 Å². The maximum Gasteiger partial charge on any atom is 0.337 e. The van der Waals surface area contributed by atoms with Crippen LogP contribution in [0.2, 0.25) is 0 Å². The number of fused-ring (bicyclic) bond motifs is 1. The Morgan fingerprint density at radius 2 is 1.77 bits per heavy atom. The molecule has 164 valence electrons. The van der Waals surface area contributed by atoms with Gasteiger partial charge in [-0.15, -0.1) is 0 Å². The summed E-state index contributed by atoms with van der Waals surface area (Å²) >= 11 is 0. The molecule has 2 N–H and O–H groups in total. The third-order valence-corrected chi connectivity index (χ3v) is 6.21. The Labute approximate surface area is 178 Å². The van der Waals surface area contributed by atoms with Crippen LogP contribution in [0.3, 0.4) is 0 Å². The summed E-state index contributed by atoms with van der Waals surface area (Å²) < 4.78 is 5.64. The largest absolute Gasteiger partial charge is 0.479 e. The summed E-state index contributed by atoms with van der Waals surface area (Å²) in [6.07, 6.45) is 9.60. The Kier molecular flexibility index (Phi) is 7.53. The molecule has 0 bridgehead atoms. The number of nitrogens with zero attached hydrogens (tertiary/aromatic N) is 1. The average molecular weight is 416 g/mol. The van der Waals surface area contributed by atoms with Gasteiger partial charge < -0.3 is 14.9 Å². The smallest absolute Gasteiger partial charge is 0.337 e. The molecule has 6 nitrogen and oxygen atoms in total. The molecular weight excluding hydrogens is 382 g/mol. The van der Waals surface area contributed by atoms with Crippen molar-refractivity contribution in [3.63, 3.8) is 0 Å². The van der Waals surface area contributed by atoms with Crippen molar-refractivity contribution in [3.8, 4) is 0 Å². The molecule has 2 saturated heterocycles. The molecule has 1 aromatic rings. The first-order valence-corrected chi connectivity index (χ1v) is 11.1. The van der Waals surface area contributed by atoms with E-state index in [1.54, 1.807) is 0 Å². The SMILES string of the molecule is CCCCc1ccc(CCCCCC[C@]2(C(=O)O)/C(=C/CO)O[C@@H]3CC(=O)N32)cc1. The van der Waals surface area contributed by atoms with Crippen LogP contribution in [0, 0.1) is 0 Å². The number of hydrogen-bond acceptors (Lipinski definition) is 4. The number of β-lactam (4-membered cyclic amide) rings is 1. The van der Waals surface area contributed by atoms with E-state index in [0.717, 1.165) is 32.1 Å². The van der Waals surface area contributed by atoms with Crippen molar-refractivity contribution in [2.45, 2.75) is 82.9 Å². The lowest BCUT2D eigenvalue weighted by molar-refractivity contribution is -0.171. The highest BCUT2D eigenvalue weighted by Crippen LogP contribution is 2.46. The lowest BCUT2D eigenvalue weighted by Gasteiger charge is -2.40. The lowest BCUT2D eigenvalue weighted by Crippen LogP contribution is -2.62. The molecule has 1 aromatic carbocycles. The molecule has 30 heavy (non-hydrogen) atoms. The molecule has 0 unspecified atom stereocenters. The predicted octanol–water partition coefficient (Wildman–Crippen LogP) is 3.81. The van der Waals surface area contributed by atoms with Gasteiger partial charge >= 0.3 is 5.97 Å². The number of benzene rings is 1. The highest BCUT2D eigenvalue weighted by atomic mass is 16.5. The molecule has 6 heteroatoms. The number of aliphatic hydroxyl groups excluding tert-OH is 1. The monoisotopic (exact) mass is 415 g/mol. The van der Waals surface area contributed by atoms with Gasteiger partial charge in [0.1, 0.15) is 5.76 Å². The van der Waals surface area contributed by atoms with E-state index in [-0.39, 0.29) is 24.7 Å². The minimum Gasteiger partial charge on any atom is -0.479 e. The summed E-state index contributed by atoms with van der Waals surface area (Å²) in [6, 6.07) is 8.86. The first kappa shape index (κ1) is 22.3. The van der Waals surface area contributed by atoms with Gasteiger partial charge in [0.2, 0.25) is 11.4 Å². The van der Waals surface area contributed by atoms with Crippen molar-refractivity contribution in [1.29, 1.82) is 0 Å². The van der Waals surface area contributed by atoms with E-state index < -0.39 is 17.7 Å². The second-order valence-electron chi connectivity index (χ2n) is 8.29. The van der Waals surface area contributed by atoms with Crippen LogP contribution in [-0.2, 0) is 27.2 Å². The summed E-state index contributed by atoms with van der Waals surface area (Å²) in [6.45, 7) is 1.90. The summed E-state index contributed by atoms with van der Waals surface area (Å²) in [5, 5.41) is 19.2. The number of carboxylic acids is 1. The molecule has 2 heterocycles. The van der Waals surface area contributed by atoms with Gasteiger partial charge in [0.15, 0.2) is 6.23 Å². The Balaban J connectivity index is 1.47. The molecule has 2 fully saturated rings. The zero-order valence-electron chi connectivity index (χ0n) is 17.8. The van der Waals surface area contributed by atoms with Crippen LogP contribution >= 0.6 is 0 Å². The number of hydrogen-bond donors (Lipinski definition) is 2. The number of rotatable bonds is 12.